The highest BCUT2D eigenvalue weighted by atomic mass is 15.0. The van der Waals surface area contributed by atoms with Crippen molar-refractivity contribution >= 4 is 54.1 Å². The molecule has 50 heavy (non-hydrogen) atoms. The summed E-state index contributed by atoms with van der Waals surface area (Å²) in [4.78, 5) is 0. The lowest BCUT2D eigenvalue weighted by atomic mass is 9.90. The van der Waals surface area contributed by atoms with Gasteiger partial charge >= 0.3 is 0 Å². The lowest BCUT2D eigenvalue weighted by Gasteiger charge is -2.14. The lowest BCUT2D eigenvalue weighted by Crippen LogP contribution is -1.93. The van der Waals surface area contributed by atoms with Crippen LogP contribution in [0.2, 0.25) is 0 Å². The number of hydrogen-bond donors (Lipinski definition) is 0. The van der Waals surface area contributed by atoms with Crippen molar-refractivity contribution in [2.45, 2.75) is 6.42 Å². The van der Waals surface area contributed by atoms with Gasteiger partial charge in [-0.25, -0.2) is 0 Å². The van der Waals surface area contributed by atoms with Gasteiger partial charge in [-0.3, -0.25) is 0 Å². The van der Waals surface area contributed by atoms with Crippen LogP contribution in [-0.2, 0) is 6.42 Å². The van der Waals surface area contributed by atoms with Crippen molar-refractivity contribution in [1.82, 2.24) is 4.57 Å². The van der Waals surface area contributed by atoms with Crippen molar-refractivity contribution in [3.63, 3.8) is 0 Å². The van der Waals surface area contributed by atoms with E-state index >= 15 is 0 Å². The van der Waals surface area contributed by atoms with Crippen molar-refractivity contribution in [3.8, 4) is 39.1 Å². The molecule has 232 valence electrons. The summed E-state index contributed by atoms with van der Waals surface area (Å²) < 4.78 is 2.38. The van der Waals surface area contributed by atoms with Crippen molar-refractivity contribution in [2.75, 3.05) is 0 Å². The molecule has 0 atom stereocenters. The molecule has 0 amide bonds. The molecule has 0 fully saturated rings. The number of fused-ring (bicyclic) bond motifs is 12. The Bertz CT molecular complexity index is 2910. The molecular weight excluding hydrogens is 603 g/mol. The molecule has 0 spiro atoms. The number of para-hydroxylation sites is 2. The second-order valence-corrected chi connectivity index (χ2v) is 13.6. The molecule has 1 aromatic heterocycles. The number of benzene rings is 9. The molecule has 0 saturated carbocycles. The second-order valence-electron chi connectivity index (χ2n) is 13.6. The minimum Gasteiger partial charge on any atom is -0.309 e. The Morgan fingerprint density at radius 2 is 0.840 bits per heavy atom. The molecule has 1 aliphatic rings. The van der Waals surface area contributed by atoms with Gasteiger partial charge in [-0.2, -0.15) is 0 Å². The zero-order valence-electron chi connectivity index (χ0n) is 27.4. The van der Waals surface area contributed by atoms with E-state index in [9.17, 15) is 0 Å². The molecule has 0 unspecified atom stereocenters. The molecule has 11 rings (SSSR count). The number of nitrogens with zero attached hydrogens (tertiary/aromatic N) is 1. The maximum absolute atomic E-state index is 2.42. The van der Waals surface area contributed by atoms with E-state index in [1.165, 1.54) is 104 Å². The maximum Gasteiger partial charge on any atom is 0.0541 e. The summed E-state index contributed by atoms with van der Waals surface area (Å²) in [5.41, 5.74) is 14.3. The van der Waals surface area contributed by atoms with Crippen LogP contribution in [0.25, 0.3) is 93.2 Å². The molecule has 1 heteroatoms. The molecule has 0 N–H and O–H groups in total. The summed E-state index contributed by atoms with van der Waals surface area (Å²) in [6.45, 7) is 0. The maximum atomic E-state index is 2.42. The van der Waals surface area contributed by atoms with Crippen molar-refractivity contribution < 1.29 is 0 Å². The van der Waals surface area contributed by atoms with Crippen LogP contribution in [0.15, 0.2) is 176 Å². The average molecular weight is 634 g/mol. The molecule has 9 aromatic carbocycles. The van der Waals surface area contributed by atoms with E-state index in [1.807, 2.05) is 0 Å². The Labute approximate surface area is 290 Å². The van der Waals surface area contributed by atoms with E-state index in [1.54, 1.807) is 0 Å². The highest BCUT2D eigenvalue weighted by Gasteiger charge is 2.23. The van der Waals surface area contributed by atoms with Crippen LogP contribution in [0, 0.1) is 0 Å². The summed E-state index contributed by atoms with van der Waals surface area (Å²) in [6.07, 6.45) is 0.949. The van der Waals surface area contributed by atoms with Crippen molar-refractivity contribution in [3.05, 3.63) is 187 Å². The smallest absolute Gasteiger partial charge is 0.0541 e. The Kier molecular flexibility index (Phi) is 5.79. The molecule has 0 saturated heterocycles. The molecule has 10 aromatic rings. The largest absolute Gasteiger partial charge is 0.309 e. The van der Waals surface area contributed by atoms with Gasteiger partial charge in [-0.05, 0) is 120 Å². The van der Waals surface area contributed by atoms with Gasteiger partial charge in [0.25, 0.3) is 0 Å². The molecular formula is C49H31N. The predicted molar refractivity (Wildman–Crippen MR) is 212 cm³/mol. The Hall–Kier alpha value is -6.44. The van der Waals surface area contributed by atoms with Crippen LogP contribution >= 0.6 is 0 Å². The second kappa shape index (κ2) is 10.5. The SMILES string of the molecule is c1cc(-c2ccc3c4ccccc4c4ccccc4c3c2)c2c(c1)-c1cc(-c3ccc(-n4c5ccccc5c5ccccc54)cc3)ccc1C2. The Morgan fingerprint density at radius 3 is 1.50 bits per heavy atom. The fourth-order valence-electron chi connectivity index (χ4n) is 8.73. The van der Waals surface area contributed by atoms with Gasteiger partial charge in [0.2, 0.25) is 0 Å². The molecule has 1 aliphatic carbocycles. The standard InChI is InChI=1S/C49H31N/c1-2-12-39-37(10-1)38-11-3-4-13-40(38)47-29-33(24-27-42(39)47)36-16-9-17-41-45-28-32(20-21-34(45)30-46(36)41)31-22-25-35(26-23-31)50-48-18-7-5-14-43(48)44-15-6-8-19-49(44)50/h1-29H,30H2. The monoisotopic (exact) mass is 633 g/mol. The van der Waals surface area contributed by atoms with E-state index < -0.39 is 0 Å². The Morgan fingerprint density at radius 1 is 0.320 bits per heavy atom. The molecule has 0 radical (unpaired) electrons. The van der Waals surface area contributed by atoms with Gasteiger partial charge in [0, 0.05) is 16.5 Å². The number of rotatable bonds is 3. The summed E-state index contributed by atoms with van der Waals surface area (Å²) in [5, 5.41) is 10.5. The zero-order chi connectivity index (χ0) is 32.8. The van der Waals surface area contributed by atoms with E-state index in [0.29, 0.717) is 0 Å². The molecule has 1 nitrogen and oxygen atoms in total. The lowest BCUT2D eigenvalue weighted by molar-refractivity contribution is 1.18. The first-order chi connectivity index (χ1) is 24.8. The zero-order valence-corrected chi connectivity index (χ0v) is 27.4. The van der Waals surface area contributed by atoms with Gasteiger partial charge in [-0.15, -0.1) is 0 Å². The first-order valence-electron chi connectivity index (χ1n) is 17.5. The van der Waals surface area contributed by atoms with Crippen LogP contribution in [-0.4, -0.2) is 4.57 Å². The molecule has 0 aliphatic heterocycles. The normalized spacial score (nSPS) is 12.3. The summed E-state index contributed by atoms with van der Waals surface area (Å²) >= 11 is 0. The van der Waals surface area contributed by atoms with E-state index in [0.717, 1.165) is 6.42 Å². The number of hydrogen-bond acceptors (Lipinski definition) is 0. The minimum absolute atomic E-state index is 0.949. The number of aromatic nitrogens is 1. The minimum atomic E-state index is 0.949. The first kappa shape index (κ1) is 27.5. The van der Waals surface area contributed by atoms with Crippen LogP contribution in [0.5, 0.6) is 0 Å². The molecule has 0 bridgehead atoms. The average Bonchev–Trinajstić information content (AvgIpc) is 3.73. The highest BCUT2D eigenvalue weighted by Crippen LogP contribution is 2.45. The van der Waals surface area contributed by atoms with E-state index in [4.69, 9.17) is 0 Å². The van der Waals surface area contributed by atoms with Crippen LogP contribution < -0.4 is 0 Å². The topological polar surface area (TPSA) is 4.93 Å². The van der Waals surface area contributed by atoms with Crippen LogP contribution in [0.3, 0.4) is 0 Å². The highest BCUT2D eigenvalue weighted by molar-refractivity contribution is 6.25. The third kappa shape index (κ3) is 3.95. The van der Waals surface area contributed by atoms with Gasteiger partial charge in [0.1, 0.15) is 0 Å². The summed E-state index contributed by atoms with van der Waals surface area (Å²) in [7, 11) is 0. The van der Waals surface area contributed by atoms with Crippen LogP contribution in [0.1, 0.15) is 11.1 Å². The van der Waals surface area contributed by atoms with Gasteiger partial charge < -0.3 is 4.57 Å². The van der Waals surface area contributed by atoms with Crippen molar-refractivity contribution in [2.24, 2.45) is 0 Å². The fraction of sp³-hybridized carbons (Fsp3) is 0.0204. The van der Waals surface area contributed by atoms with E-state index in [2.05, 4.69) is 180 Å². The predicted octanol–water partition coefficient (Wildman–Crippen LogP) is 13.1. The summed E-state index contributed by atoms with van der Waals surface area (Å²) in [6, 6.07) is 65.1. The fourth-order valence-corrected chi connectivity index (χ4v) is 8.73. The van der Waals surface area contributed by atoms with Gasteiger partial charge in [0.05, 0.1) is 11.0 Å². The molecule has 1 heterocycles. The third-order valence-corrected chi connectivity index (χ3v) is 11.0. The first-order valence-corrected chi connectivity index (χ1v) is 17.5. The summed E-state index contributed by atoms with van der Waals surface area (Å²) in [5.74, 6) is 0. The quantitative estimate of drug-likeness (QED) is 0.171. The van der Waals surface area contributed by atoms with E-state index in [-0.39, 0.29) is 0 Å². The van der Waals surface area contributed by atoms with Crippen LogP contribution in [0.4, 0.5) is 0 Å². The third-order valence-electron chi connectivity index (χ3n) is 11.0. The Balaban J connectivity index is 0.992. The van der Waals surface area contributed by atoms with Gasteiger partial charge in [-0.1, -0.05) is 140 Å². The van der Waals surface area contributed by atoms with Crippen molar-refractivity contribution in [1.29, 1.82) is 0 Å². The van der Waals surface area contributed by atoms with Gasteiger partial charge in [0.15, 0.2) is 0 Å².